The summed E-state index contributed by atoms with van der Waals surface area (Å²) in [6, 6.07) is 9.27. The minimum atomic E-state index is -0.0591. The van der Waals surface area contributed by atoms with Gasteiger partial charge in [0, 0.05) is 0 Å². The first-order chi connectivity index (χ1) is 6.29. The Morgan fingerprint density at radius 2 is 2.00 bits per heavy atom. The molecule has 1 amide bonds. The SMILES string of the molecule is N=C1CSC(=O)N1c1ccccc1. The standard InChI is InChI=1S/C9H8N2OS/c10-8-6-13-9(12)11(8)7-4-2-1-3-5-7/h1-5,10H,6H2. The predicted octanol–water partition coefficient (Wildman–Crippen LogP) is 2.34. The Kier molecular flexibility index (Phi) is 2.06. The largest absolute Gasteiger partial charge is 0.292 e. The van der Waals surface area contributed by atoms with Crippen molar-refractivity contribution in [3.05, 3.63) is 30.3 Å². The highest BCUT2D eigenvalue weighted by molar-refractivity contribution is 8.15. The van der Waals surface area contributed by atoms with Gasteiger partial charge in [0.1, 0.15) is 5.84 Å². The van der Waals surface area contributed by atoms with Crippen LogP contribution in [0.4, 0.5) is 10.5 Å². The third-order valence-electron chi connectivity index (χ3n) is 1.80. The second-order valence-corrected chi connectivity index (χ2v) is 3.60. The van der Waals surface area contributed by atoms with Crippen LogP contribution in [0.3, 0.4) is 0 Å². The van der Waals surface area contributed by atoms with E-state index in [0.29, 0.717) is 11.6 Å². The summed E-state index contributed by atoms with van der Waals surface area (Å²) in [5, 5.41) is 7.50. The first kappa shape index (κ1) is 8.31. The Labute approximate surface area is 80.3 Å². The van der Waals surface area contributed by atoms with Crippen molar-refractivity contribution in [2.24, 2.45) is 0 Å². The first-order valence-electron chi connectivity index (χ1n) is 3.88. The van der Waals surface area contributed by atoms with E-state index in [0.717, 1.165) is 5.69 Å². The molecule has 0 radical (unpaired) electrons. The van der Waals surface area contributed by atoms with Gasteiger partial charge in [0.2, 0.25) is 0 Å². The van der Waals surface area contributed by atoms with Crippen molar-refractivity contribution in [1.29, 1.82) is 5.41 Å². The monoisotopic (exact) mass is 192 g/mol. The lowest BCUT2D eigenvalue weighted by Crippen LogP contribution is -2.27. The molecule has 1 aliphatic heterocycles. The molecule has 0 aromatic heterocycles. The van der Waals surface area contributed by atoms with E-state index in [-0.39, 0.29) is 5.24 Å². The molecule has 13 heavy (non-hydrogen) atoms. The Bertz CT molecular complexity index is 334. The van der Waals surface area contributed by atoms with Gasteiger partial charge in [0.05, 0.1) is 11.4 Å². The second-order valence-electron chi connectivity index (χ2n) is 2.67. The van der Waals surface area contributed by atoms with Gasteiger partial charge in [0.25, 0.3) is 5.24 Å². The van der Waals surface area contributed by atoms with Gasteiger partial charge >= 0.3 is 0 Å². The predicted molar refractivity (Wildman–Crippen MR) is 54.5 cm³/mol. The number of hydrogen-bond donors (Lipinski definition) is 1. The van der Waals surface area contributed by atoms with Crippen molar-refractivity contribution >= 4 is 28.5 Å². The molecule has 1 aliphatic rings. The van der Waals surface area contributed by atoms with Crippen molar-refractivity contribution in [3.8, 4) is 0 Å². The van der Waals surface area contributed by atoms with Crippen LogP contribution in [0.25, 0.3) is 0 Å². The van der Waals surface area contributed by atoms with Crippen LogP contribution in [0.5, 0.6) is 0 Å². The van der Waals surface area contributed by atoms with Crippen molar-refractivity contribution < 1.29 is 4.79 Å². The van der Waals surface area contributed by atoms with Gasteiger partial charge in [-0.15, -0.1) is 0 Å². The van der Waals surface area contributed by atoms with Crippen molar-refractivity contribution in [2.45, 2.75) is 0 Å². The lowest BCUT2D eigenvalue weighted by atomic mass is 10.3. The maximum Gasteiger partial charge on any atom is 0.292 e. The summed E-state index contributed by atoms with van der Waals surface area (Å²) in [5.41, 5.74) is 0.780. The molecule has 1 aromatic carbocycles. The summed E-state index contributed by atoms with van der Waals surface area (Å²) in [7, 11) is 0. The highest BCUT2D eigenvalue weighted by Gasteiger charge is 2.27. The van der Waals surface area contributed by atoms with E-state index < -0.39 is 0 Å². The number of thioether (sulfide) groups is 1. The molecular formula is C9H8N2OS. The molecule has 0 spiro atoms. The fraction of sp³-hybridized carbons (Fsp3) is 0.111. The van der Waals surface area contributed by atoms with E-state index >= 15 is 0 Å². The van der Waals surface area contributed by atoms with Gasteiger partial charge in [-0.2, -0.15) is 0 Å². The molecule has 0 saturated carbocycles. The van der Waals surface area contributed by atoms with Crippen molar-refractivity contribution in [2.75, 3.05) is 10.7 Å². The average molecular weight is 192 g/mol. The molecule has 1 aromatic rings. The van der Waals surface area contributed by atoms with Gasteiger partial charge in [-0.05, 0) is 12.1 Å². The number of nitrogens with zero attached hydrogens (tertiary/aromatic N) is 1. The zero-order valence-corrected chi connectivity index (χ0v) is 7.67. The Morgan fingerprint density at radius 1 is 1.31 bits per heavy atom. The van der Waals surface area contributed by atoms with Gasteiger partial charge in [-0.25, -0.2) is 0 Å². The fourth-order valence-corrected chi connectivity index (χ4v) is 1.94. The zero-order chi connectivity index (χ0) is 9.26. The van der Waals surface area contributed by atoms with E-state index in [4.69, 9.17) is 5.41 Å². The Morgan fingerprint density at radius 3 is 2.54 bits per heavy atom. The summed E-state index contributed by atoms with van der Waals surface area (Å²) in [5.74, 6) is 0.842. The van der Waals surface area contributed by atoms with Crippen LogP contribution in [0.1, 0.15) is 0 Å². The van der Waals surface area contributed by atoms with Crippen LogP contribution in [0, 0.1) is 5.41 Å². The number of benzene rings is 1. The lowest BCUT2D eigenvalue weighted by Gasteiger charge is -2.13. The van der Waals surface area contributed by atoms with Crippen LogP contribution in [-0.4, -0.2) is 16.8 Å². The number of anilines is 1. The van der Waals surface area contributed by atoms with Crippen LogP contribution >= 0.6 is 11.8 Å². The number of nitrogens with one attached hydrogen (secondary N) is 1. The smallest absolute Gasteiger partial charge is 0.287 e. The zero-order valence-electron chi connectivity index (χ0n) is 6.86. The number of hydrogen-bond acceptors (Lipinski definition) is 3. The van der Waals surface area contributed by atoms with Crippen molar-refractivity contribution in [3.63, 3.8) is 0 Å². The molecule has 0 atom stereocenters. The molecule has 1 N–H and O–H groups in total. The molecule has 0 unspecified atom stereocenters. The number of carbonyl (C=O) groups is 1. The highest BCUT2D eigenvalue weighted by atomic mass is 32.2. The Hall–Kier alpha value is -1.29. The normalized spacial score (nSPS) is 16.8. The molecule has 3 nitrogen and oxygen atoms in total. The first-order valence-corrected chi connectivity index (χ1v) is 4.87. The summed E-state index contributed by atoms with van der Waals surface area (Å²) in [4.78, 5) is 12.8. The van der Waals surface area contributed by atoms with E-state index in [1.165, 1.54) is 16.7 Å². The minimum absolute atomic E-state index is 0.0591. The van der Waals surface area contributed by atoms with Gasteiger partial charge in [-0.3, -0.25) is 15.1 Å². The molecule has 1 fully saturated rings. The van der Waals surface area contributed by atoms with Crippen LogP contribution in [-0.2, 0) is 0 Å². The molecule has 1 saturated heterocycles. The van der Waals surface area contributed by atoms with E-state index in [9.17, 15) is 4.79 Å². The second kappa shape index (κ2) is 3.22. The number of para-hydroxylation sites is 1. The van der Waals surface area contributed by atoms with Crippen LogP contribution < -0.4 is 4.90 Å². The average Bonchev–Trinajstić information content (AvgIpc) is 2.48. The molecule has 4 heteroatoms. The topological polar surface area (TPSA) is 44.2 Å². The molecule has 0 aliphatic carbocycles. The summed E-state index contributed by atoms with van der Waals surface area (Å²) >= 11 is 1.17. The third-order valence-corrected chi connectivity index (χ3v) is 2.65. The van der Waals surface area contributed by atoms with Crippen LogP contribution in [0.2, 0.25) is 0 Å². The molecular weight excluding hydrogens is 184 g/mol. The number of carbonyl (C=O) groups excluding carboxylic acids is 1. The number of amidine groups is 1. The highest BCUT2D eigenvalue weighted by Crippen LogP contribution is 2.25. The summed E-state index contributed by atoms with van der Waals surface area (Å²) < 4.78 is 0. The van der Waals surface area contributed by atoms with Crippen LogP contribution in [0.15, 0.2) is 30.3 Å². The van der Waals surface area contributed by atoms with E-state index in [2.05, 4.69) is 0 Å². The summed E-state index contributed by atoms with van der Waals surface area (Å²) in [6.45, 7) is 0. The Balaban J connectivity index is 2.36. The van der Waals surface area contributed by atoms with Gasteiger partial charge in [0.15, 0.2) is 0 Å². The number of rotatable bonds is 1. The van der Waals surface area contributed by atoms with Gasteiger partial charge in [-0.1, -0.05) is 30.0 Å². The third kappa shape index (κ3) is 1.45. The molecule has 2 rings (SSSR count). The lowest BCUT2D eigenvalue weighted by molar-refractivity contribution is 0.267. The maximum atomic E-state index is 11.3. The molecule has 0 bridgehead atoms. The minimum Gasteiger partial charge on any atom is -0.287 e. The number of amides is 1. The fourth-order valence-electron chi connectivity index (χ4n) is 1.21. The van der Waals surface area contributed by atoms with Gasteiger partial charge < -0.3 is 0 Å². The quantitative estimate of drug-likeness (QED) is 0.742. The maximum absolute atomic E-state index is 11.3. The van der Waals surface area contributed by atoms with E-state index in [1.807, 2.05) is 30.3 Å². The summed E-state index contributed by atoms with van der Waals surface area (Å²) in [6.07, 6.45) is 0. The van der Waals surface area contributed by atoms with Crippen molar-refractivity contribution in [1.82, 2.24) is 0 Å². The molecule has 1 heterocycles. The molecule has 66 valence electrons. The van der Waals surface area contributed by atoms with E-state index in [1.54, 1.807) is 0 Å².